The van der Waals surface area contributed by atoms with Gasteiger partial charge in [-0.1, -0.05) is 6.07 Å². The van der Waals surface area contributed by atoms with Crippen molar-refractivity contribution in [3.05, 3.63) is 35.4 Å². The van der Waals surface area contributed by atoms with Crippen LogP contribution in [-0.2, 0) is 4.79 Å². The average Bonchev–Trinajstić information content (AvgIpc) is 2.15. The minimum Gasteiger partial charge on any atom is -0.349 e. The lowest BCUT2D eigenvalue weighted by molar-refractivity contribution is -0.122. The second-order valence-corrected chi connectivity index (χ2v) is 4.11. The maximum absolute atomic E-state index is 13.4. The summed E-state index contributed by atoms with van der Waals surface area (Å²) in [6.45, 7) is 3.22. The van der Waals surface area contributed by atoms with Crippen LogP contribution in [0.5, 0.6) is 0 Å². The summed E-state index contributed by atoms with van der Waals surface area (Å²) in [4.78, 5) is 11.4. The van der Waals surface area contributed by atoms with Crippen molar-refractivity contribution in [2.75, 3.05) is 0 Å². The minimum atomic E-state index is -0.720. The summed E-state index contributed by atoms with van der Waals surface area (Å²) < 4.78 is 26.8. The molecule has 1 aromatic rings. The van der Waals surface area contributed by atoms with Gasteiger partial charge in [0.2, 0.25) is 5.91 Å². The molecule has 0 heterocycles. The van der Waals surface area contributed by atoms with Gasteiger partial charge in [-0.3, -0.25) is 4.79 Å². The van der Waals surface area contributed by atoms with Gasteiger partial charge in [0, 0.05) is 18.0 Å². The van der Waals surface area contributed by atoms with Crippen molar-refractivity contribution in [3.8, 4) is 0 Å². The Morgan fingerprint density at radius 3 is 2.28 bits per heavy atom. The van der Waals surface area contributed by atoms with Crippen molar-refractivity contribution in [2.24, 2.45) is 5.73 Å². The van der Waals surface area contributed by atoms with E-state index in [1.165, 1.54) is 13.0 Å². The van der Waals surface area contributed by atoms with Crippen LogP contribution in [0.25, 0.3) is 0 Å². The van der Waals surface area contributed by atoms with Gasteiger partial charge in [0.05, 0.1) is 6.04 Å². The van der Waals surface area contributed by atoms with Crippen molar-refractivity contribution in [1.82, 2.24) is 5.32 Å². The molecule has 2 unspecified atom stereocenters. The van der Waals surface area contributed by atoms with Gasteiger partial charge in [-0.05, 0) is 26.0 Å². The number of carbonyl (C=O) groups excluding carboxylic acids is 1. The van der Waals surface area contributed by atoms with E-state index in [9.17, 15) is 13.6 Å². The molecule has 0 saturated carbocycles. The Morgan fingerprint density at radius 2 is 1.83 bits per heavy atom. The number of halogens is 3. The number of benzene rings is 1. The zero-order valence-corrected chi connectivity index (χ0v) is 11.1. The Hall–Kier alpha value is -1.20. The molecule has 0 saturated heterocycles. The highest BCUT2D eigenvalue weighted by molar-refractivity contribution is 5.85. The van der Waals surface area contributed by atoms with E-state index in [0.717, 1.165) is 12.1 Å². The van der Waals surface area contributed by atoms with Crippen molar-refractivity contribution < 1.29 is 13.6 Å². The quantitative estimate of drug-likeness (QED) is 0.888. The molecule has 1 rings (SSSR count). The molecule has 18 heavy (non-hydrogen) atoms. The SMILES string of the molecule is CC(N)CC(=O)NC(C)c1c(F)cccc1F.Cl. The van der Waals surface area contributed by atoms with Crippen LogP contribution in [0.3, 0.4) is 0 Å². The van der Waals surface area contributed by atoms with E-state index in [-0.39, 0.29) is 36.3 Å². The van der Waals surface area contributed by atoms with E-state index in [2.05, 4.69) is 5.32 Å². The molecule has 0 aliphatic heterocycles. The molecule has 0 spiro atoms. The van der Waals surface area contributed by atoms with Crippen molar-refractivity contribution in [1.29, 1.82) is 0 Å². The normalized spacial score (nSPS) is 13.4. The van der Waals surface area contributed by atoms with Crippen LogP contribution in [0.1, 0.15) is 31.9 Å². The molecule has 3 N–H and O–H groups in total. The van der Waals surface area contributed by atoms with E-state index in [1.54, 1.807) is 6.92 Å². The maximum Gasteiger partial charge on any atom is 0.222 e. The second-order valence-electron chi connectivity index (χ2n) is 4.11. The smallest absolute Gasteiger partial charge is 0.222 e. The lowest BCUT2D eigenvalue weighted by atomic mass is 10.1. The van der Waals surface area contributed by atoms with Gasteiger partial charge in [-0.15, -0.1) is 12.4 Å². The first-order valence-corrected chi connectivity index (χ1v) is 5.40. The third-order valence-corrected chi connectivity index (χ3v) is 2.32. The zero-order chi connectivity index (χ0) is 13.0. The maximum atomic E-state index is 13.4. The van der Waals surface area contributed by atoms with Crippen molar-refractivity contribution in [3.63, 3.8) is 0 Å². The van der Waals surface area contributed by atoms with Crippen LogP contribution in [-0.4, -0.2) is 11.9 Å². The summed E-state index contributed by atoms with van der Waals surface area (Å²) in [5.74, 6) is -1.66. The fourth-order valence-electron chi connectivity index (χ4n) is 1.59. The molecular weight excluding hydrogens is 262 g/mol. The van der Waals surface area contributed by atoms with Gasteiger partial charge in [0.25, 0.3) is 0 Å². The molecule has 0 bridgehead atoms. The standard InChI is InChI=1S/C12H16F2N2O.ClH/c1-7(15)6-11(17)16-8(2)12-9(13)4-3-5-10(12)14;/h3-5,7-8H,6,15H2,1-2H3,(H,16,17);1H. The van der Waals surface area contributed by atoms with Crippen LogP contribution in [0.4, 0.5) is 8.78 Å². The Morgan fingerprint density at radius 1 is 1.33 bits per heavy atom. The van der Waals surface area contributed by atoms with Crippen LogP contribution >= 0.6 is 12.4 Å². The van der Waals surface area contributed by atoms with Crippen LogP contribution in [0, 0.1) is 11.6 Å². The van der Waals surface area contributed by atoms with Crippen molar-refractivity contribution >= 4 is 18.3 Å². The summed E-state index contributed by atoms with van der Waals surface area (Å²) in [6.07, 6.45) is 0.125. The molecule has 0 aliphatic rings. The fraction of sp³-hybridized carbons (Fsp3) is 0.417. The van der Waals surface area contributed by atoms with Gasteiger partial charge in [0.15, 0.2) is 0 Å². The first kappa shape index (κ1) is 16.8. The average molecular weight is 279 g/mol. The van der Waals surface area contributed by atoms with Gasteiger partial charge >= 0.3 is 0 Å². The third kappa shape index (κ3) is 4.58. The van der Waals surface area contributed by atoms with E-state index >= 15 is 0 Å². The summed E-state index contributed by atoms with van der Waals surface area (Å²) in [5.41, 5.74) is 5.32. The summed E-state index contributed by atoms with van der Waals surface area (Å²) >= 11 is 0. The van der Waals surface area contributed by atoms with Crippen LogP contribution in [0.2, 0.25) is 0 Å². The van der Waals surface area contributed by atoms with E-state index in [1.807, 2.05) is 0 Å². The zero-order valence-electron chi connectivity index (χ0n) is 10.2. The number of amides is 1. The van der Waals surface area contributed by atoms with Gasteiger partial charge in [-0.25, -0.2) is 8.78 Å². The lowest BCUT2D eigenvalue weighted by Gasteiger charge is -2.16. The number of carbonyl (C=O) groups is 1. The third-order valence-electron chi connectivity index (χ3n) is 2.32. The minimum absolute atomic E-state index is 0. The highest BCUT2D eigenvalue weighted by atomic mass is 35.5. The number of hydrogen-bond donors (Lipinski definition) is 2. The topological polar surface area (TPSA) is 55.1 Å². The van der Waals surface area contributed by atoms with Gasteiger partial charge < -0.3 is 11.1 Å². The molecule has 102 valence electrons. The number of nitrogens with one attached hydrogen (secondary N) is 1. The lowest BCUT2D eigenvalue weighted by Crippen LogP contribution is -2.32. The Balaban J connectivity index is 0.00000289. The molecule has 3 nitrogen and oxygen atoms in total. The molecule has 0 aliphatic carbocycles. The Kier molecular flexibility index (Phi) is 6.80. The molecule has 0 fully saturated rings. The fourth-order valence-corrected chi connectivity index (χ4v) is 1.59. The highest BCUT2D eigenvalue weighted by Gasteiger charge is 2.18. The van der Waals surface area contributed by atoms with Crippen LogP contribution < -0.4 is 11.1 Å². The first-order valence-electron chi connectivity index (χ1n) is 5.40. The van der Waals surface area contributed by atoms with Gasteiger partial charge in [-0.2, -0.15) is 0 Å². The predicted molar refractivity (Wildman–Crippen MR) is 68.4 cm³/mol. The second kappa shape index (κ2) is 7.28. The Bertz CT molecular complexity index is 393. The monoisotopic (exact) mass is 278 g/mol. The highest BCUT2D eigenvalue weighted by Crippen LogP contribution is 2.20. The number of nitrogens with two attached hydrogens (primary N) is 1. The predicted octanol–water partition coefficient (Wildman–Crippen LogP) is 2.30. The molecular formula is C12H17ClF2N2O. The number of rotatable bonds is 4. The largest absolute Gasteiger partial charge is 0.349 e. The van der Waals surface area contributed by atoms with E-state index in [4.69, 9.17) is 5.73 Å². The first-order chi connectivity index (χ1) is 7.91. The molecule has 1 amide bonds. The summed E-state index contributed by atoms with van der Waals surface area (Å²) in [7, 11) is 0. The molecule has 6 heteroatoms. The number of hydrogen-bond acceptors (Lipinski definition) is 2. The molecule has 1 aromatic carbocycles. The van der Waals surface area contributed by atoms with E-state index < -0.39 is 17.7 Å². The Labute approximate surface area is 111 Å². The van der Waals surface area contributed by atoms with E-state index in [0.29, 0.717) is 0 Å². The van der Waals surface area contributed by atoms with Crippen molar-refractivity contribution in [2.45, 2.75) is 32.4 Å². The molecule has 2 atom stereocenters. The molecule has 0 aromatic heterocycles. The summed E-state index contributed by atoms with van der Waals surface area (Å²) in [5, 5.41) is 2.51. The van der Waals surface area contributed by atoms with Crippen LogP contribution in [0.15, 0.2) is 18.2 Å². The van der Waals surface area contributed by atoms with Gasteiger partial charge in [0.1, 0.15) is 11.6 Å². The molecule has 0 radical (unpaired) electrons. The summed E-state index contributed by atoms with van der Waals surface area (Å²) in [6, 6.07) is 2.60.